The van der Waals surface area contributed by atoms with E-state index in [1.165, 1.54) is 84.2 Å². The molecular formula is C17H32O2. The van der Waals surface area contributed by atoms with E-state index in [9.17, 15) is 4.79 Å². The van der Waals surface area contributed by atoms with Crippen LogP contribution in [0.5, 0.6) is 0 Å². The fraction of sp³-hybridized carbons (Fsp3) is 0.941. The highest BCUT2D eigenvalue weighted by Crippen LogP contribution is 2.27. The maximum absolute atomic E-state index is 10.9. The molecule has 0 unspecified atom stereocenters. The number of hydrogen-bond acceptors (Lipinski definition) is 2. The van der Waals surface area contributed by atoms with Gasteiger partial charge in [0.15, 0.2) is 0 Å². The second-order valence-electron chi connectivity index (χ2n) is 6.09. The van der Waals surface area contributed by atoms with Gasteiger partial charge in [0.25, 0.3) is 0 Å². The van der Waals surface area contributed by atoms with Crippen LogP contribution in [0.4, 0.5) is 0 Å². The van der Waals surface area contributed by atoms with Crippen LogP contribution in [0.2, 0.25) is 0 Å². The molecule has 0 saturated heterocycles. The molecule has 0 aliphatic heterocycles. The van der Waals surface area contributed by atoms with Crippen LogP contribution < -0.4 is 0 Å². The maximum Gasteiger partial charge on any atom is 0.305 e. The van der Waals surface area contributed by atoms with Gasteiger partial charge in [-0.15, -0.1) is 0 Å². The van der Waals surface area contributed by atoms with E-state index in [0.717, 1.165) is 12.3 Å². The van der Waals surface area contributed by atoms with Crippen molar-refractivity contribution >= 4 is 5.97 Å². The first-order valence-corrected chi connectivity index (χ1v) is 8.39. The lowest BCUT2D eigenvalue weighted by atomic mass is 9.93. The lowest BCUT2D eigenvalue weighted by Gasteiger charge is -2.13. The van der Waals surface area contributed by atoms with Crippen molar-refractivity contribution in [3.63, 3.8) is 0 Å². The highest BCUT2D eigenvalue weighted by molar-refractivity contribution is 5.68. The number of rotatable bonds is 9. The standard InChI is InChI=1S/C17H32O2/c1-19-17(18)15-11-5-3-2-4-8-12-16-13-9-6-7-10-14-16/h16H,2-15H2,1H3. The zero-order valence-electron chi connectivity index (χ0n) is 12.8. The van der Waals surface area contributed by atoms with Crippen LogP contribution in [-0.4, -0.2) is 13.1 Å². The number of methoxy groups -OCH3 is 1. The minimum atomic E-state index is -0.0617. The van der Waals surface area contributed by atoms with Crippen LogP contribution in [0.25, 0.3) is 0 Å². The lowest BCUT2D eigenvalue weighted by Crippen LogP contribution is -1.99. The molecule has 19 heavy (non-hydrogen) atoms. The Morgan fingerprint density at radius 2 is 1.47 bits per heavy atom. The zero-order valence-corrected chi connectivity index (χ0v) is 12.8. The van der Waals surface area contributed by atoms with Crippen molar-refractivity contribution in [3.05, 3.63) is 0 Å². The second-order valence-corrected chi connectivity index (χ2v) is 6.09. The molecule has 1 fully saturated rings. The molecule has 0 aromatic heterocycles. The molecule has 112 valence electrons. The van der Waals surface area contributed by atoms with Crippen LogP contribution in [0.15, 0.2) is 0 Å². The minimum Gasteiger partial charge on any atom is -0.469 e. The fourth-order valence-electron chi connectivity index (χ4n) is 3.16. The van der Waals surface area contributed by atoms with Crippen LogP contribution >= 0.6 is 0 Å². The van der Waals surface area contributed by atoms with Crippen molar-refractivity contribution in [2.24, 2.45) is 5.92 Å². The molecule has 1 aliphatic rings. The Balaban J connectivity index is 1.84. The van der Waals surface area contributed by atoms with Crippen molar-refractivity contribution in [2.75, 3.05) is 7.11 Å². The number of carbonyl (C=O) groups is 1. The van der Waals surface area contributed by atoms with E-state index in [1.54, 1.807) is 0 Å². The smallest absolute Gasteiger partial charge is 0.305 e. The molecule has 0 bridgehead atoms. The third-order valence-electron chi connectivity index (χ3n) is 4.45. The molecule has 0 spiro atoms. The van der Waals surface area contributed by atoms with Gasteiger partial charge in [0.2, 0.25) is 0 Å². The van der Waals surface area contributed by atoms with Crippen molar-refractivity contribution in [2.45, 2.75) is 89.9 Å². The molecule has 1 rings (SSSR count). The van der Waals surface area contributed by atoms with Crippen molar-refractivity contribution < 1.29 is 9.53 Å². The largest absolute Gasteiger partial charge is 0.469 e. The van der Waals surface area contributed by atoms with E-state index in [1.807, 2.05) is 0 Å². The van der Waals surface area contributed by atoms with Crippen LogP contribution in [0.1, 0.15) is 89.9 Å². The summed E-state index contributed by atoms with van der Waals surface area (Å²) < 4.78 is 4.63. The van der Waals surface area contributed by atoms with E-state index < -0.39 is 0 Å². The van der Waals surface area contributed by atoms with Gasteiger partial charge in [-0.25, -0.2) is 0 Å². The molecule has 0 radical (unpaired) electrons. The summed E-state index contributed by atoms with van der Waals surface area (Å²) in [5, 5.41) is 0. The Morgan fingerprint density at radius 1 is 0.895 bits per heavy atom. The van der Waals surface area contributed by atoms with Gasteiger partial charge in [-0.2, -0.15) is 0 Å². The molecule has 0 aromatic rings. The number of esters is 1. The molecule has 1 saturated carbocycles. The van der Waals surface area contributed by atoms with Crippen molar-refractivity contribution in [1.29, 1.82) is 0 Å². The summed E-state index contributed by atoms with van der Waals surface area (Å²) in [4.78, 5) is 10.9. The monoisotopic (exact) mass is 268 g/mol. The Labute approximate surface area is 119 Å². The first kappa shape index (κ1) is 16.5. The van der Waals surface area contributed by atoms with Gasteiger partial charge in [-0.3, -0.25) is 4.79 Å². The van der Waals surface area contributed by atoms with Gasteiger partial charge in [0.05, 0.1) is 7.11 Å². The first-order valence-electron chi connectivity index (χ1n) is 8.39. The fourth-order valence-corrected chi connectivity index (χ4v) is 3.16. The maximum atomic E-state index is 10.9. The highest BCUT2D eigenvalue weighted by Gasteiger charge is 2.11. The van der Waals surface area contributed by atoms with Gasteiger partial charge in [0.1, 0.15) is 0 Å². The molecule has 1 aliphatic carbocycles. The average Bonchev–Trinajstić information content (AvgIpc) is 2.70. The van der Waals surface area contributed by atoms with Gasteiger partial charge in [-0.05, 0) is 12.3 Å². The normalized spacial score (nSPS) is 17.1. The summed E-state index contributed by atoms with van der Waals surface area (Å²) in [5.74, 6) is 0.968. The number of hydrogen-bond donors (Lipinski definition) is 0. The molecule has 2 heteroatoms. The van der Waals surface area contributed by atoms with Crippen LogP contribution in [-0.2, 0) is 9.53 Å². The van der Waals surface area contributed by atoms with E-state index in [0.29, 0.717) is 6.42 Å². The lowest BCUT2D eigenvalue weighted by molar-refractivity contribution is -0.140. The molecule has 2 nitrogen and oxygen atoms in total. The van der Waals surface area contributed by atoms with Crippen molar-refractivity contribution in [1.82, 2.24) is 0 Å². The van der Waals surface area contributed by atoms with E-state index >= 15 is 0 Å². The van der Waals surface area contributed by atoms with Gasteiger partial charge >= 0.3 is 5.97 Å². The molecule has 0 N–H and O–H groups in total. The SMILES string of the molecule is COC(=O)CCCCCCCCC1CCCCCC1. The van der Waals surface area contributed by atoms with E-state index in [4.69, 9.17) is 0 Å². The Bertz CT molecular complexity index is 217. The van der Waals surface area contributed by atoms with Gasteiger partial charge in [0, 0.05) is 6.42 Å². The summed E-state index contributed by atoms with van der Waals surface area (Å²) in [6, 6.07) is 0. The summed E-state index contributed by atoms with van der Waals surface area (Å²) in [6.07, 6.45) is 18.5. The minimum absolute atomic E-state index is 0.0617. The Morgan fingerprint density at radius 3 is 2.11 bits per heavy atom. The molecule has 0 heterocycles. The summed E-state index contributed by atoms with van der Waals surface area (Å²) in [6.45, 7) is 0. The van der Waals surface area contributed by atoms with Gasteiger partial charge < -0.3 is 4.74 Å². The predicted octanol–water partition coefficient (Wildman–Crippen LogP) is 5.25. The topological polar surface area (TPSA) is 26.3 Å². The van der Waals surface area contributed by atoms with E-state index in [-0.39, 0.29) is 5.97 Å². The van der Waals surface area contributed by atoms with Crippen LogP contribution in [0.3, 0.4) is 0 Å². The summed E-state index contributed by atoms with van der Waals surface area (Å²) >= 11 is 0. The highest BCUT2D eigenvalue weighted by atomic mass is 16.5. The third kappa shape index (κ3) is 9.07. The number of carbonyl (C=O) groups excluding carboxylic acids is 1. The zero-order chi connectivity index (χ0) is 13.8. The van der Waals surface area contributed by atoms with E-state index in [2.05, 4.69) is 4.74 Å². The Kier molecular flexibility index (Phi) is 9.84. The van der Waals surface area contributed by atoms with Crippen LogP contribution in [0, 0.1) is 5.92 Å². The molecule has 0 amide bonds. The van der Waals surface area contributed by atoms with Gasteiger partial charge in [-0.1, -0.05) is 77.0 Å². The average molecular weight is 268 g/mol. The first-order chi connectivity index (χ1) is 9.33. The van der Waals surface area contributed by atoms with Crippen molar-refractivity contribution in [3.8, 4) is 0 Å². The predicted molar refractivity (Wildman–Crippen MR) is 80.1 cm³/mol. The molecular weight excluding hydrogens is 236 g/mol. The summed E-state index contributed by atoms with van der Waals surface area (Å²) in [7, 11) is 1.47. The molecule has 0 aromatic carbocycles. The number of ether oxygens (including phenoxy) is 1. The molecule has 0 atom stereocenters. The Hall–Kier alpha value is -0.530. The summed E-state index contributed by atoms with van der Waals surface area (Å²) in [5.41, 5.74) is 0. The number of unbranched alkanes of at least 4 members (excludes halogenated alkanes) is 5. The quantitative estimate of drug-likeness (QED) is 0.324. The third-order valence-corrected chi connectivity index (χ3v) is 4.45. The second kappa shape index (κ2) is 11.3.